The maximum atomic E-state index is 11.8. The predicted molar refractivity (Wildman–Crippen MR) is 83.4 cm³/mol. The van der Waals surface area contributed by atoms with E-state index in [1.807, 2.05) is 30.3 Å². The van der Waals surface area contributed by atoms with Crippen LogP contribution in [0.5, 0.6) is 0 Å². The van der Waals surface area contributed by atoms with Crippen LogP contribution in [0.4, 0.5) is 0 Å². The standard InChI is InChI=1S/C16H15ClO2S/c1-2-19-16(18)13-9-6-10-14(15(13)17)20-11-12-7-4-3-5-8-12/h3-10H,2,11H2,1H3. The molecule has 0 atom stereocenters. The van der Waals surface area contributed by atoms with Crippen LogP contribution in [0.2, 0.25) is 5.02 Å². The van der Waals surface area contributed by atoms with E-state index in [2.05, 4.69) is 12.1 Å². The third-order valence-electron chi connectivity index (χ3n) is 2.70. The molecule has 0 aliphatic carbocycles. The first-order valence-electron chi connectivity index (χ1n) is 6.34. The SMILES string of the molecule is CCOC(=O)c1cccc(SCc2ccccc2)c1Cl. The van der Waals surface area contributed by atoms with Crippen molar-refractivity contribution >= 4 is 29.3 Å². The Bertz CT molecular complexity index is 584. The lowest BCUT2D eigenvalue weighted by atomic mass is 10.2. The zero-order valence-electron chi connectivity index (χ0n) is 11.1. The highest BCUT2D eigenvalue weighted by atomic mass is 35.5. The molecule has 2 nitrogen and oxygen atoms in total. The molecular weight excluding hydrogens is 292 g/mol. The molecule has 2 aromatic carbocycles. The van der Waals surface area contributed by atoms with Crippen molar-refractivity contribution in [2.24, 2.45) is 0 Å². The van der Waals surface area contributed by atoms with Gasteiger partial charge in [0.25, 0.3) is 0 Å². The van der Waals surface area contributed by atoms with Crippen LogP contribution in [0.1, 0.15) is 22.8 Å². The summed E-state index contributed by atoms with van der Waals surface area (Å²) in [6.45, 7) is 2.12. The van der Waals surface area contributed by atoms with Crippen molar-refractivity contribution in [1.82, 2.24) is 0 Å². The van der Waals surface area contributed by atoms with Gasteiger partial charge in [-0.15, -0.1) is 11.8 Å². The van der Waals surface area contributed by atoms with E-state index in [0.29, 0.717) is 17.2 Å². The van der Waals surface area contributed by atoms with Gasteiger partial charge in [0, 0.05) is 10.6 Å². The van der Waals surface area contributed by atoms with E-state index >= 15 is 0 Å². The quantitative estimate of drug-likeness (QED) is 0.586. The van der Waals surface area contributed by atoms with Gasteiger partial charge in [0.2, 0.25) is 0 Å². The average Bonchev–Trinajstić information content (AvgIpc) is 2.47. The molecule has 0 aromatic heterocycles. The van der Waals surface area contributed by atoms with E-state index in [1.54, 1.807) is 24.8 Å². The highest BCUT2D eigenvalue weighted by Crippen LogP contribution is 2.32. The van der Waals surface area contributed by atoms with Gasteiger partial charge in [0.1, 0.15) is 0 Å². The summed E-state index contributed by atoms with van der Waals surface area (Å²) >= 11 is 7.89. The van der Waals surface area contributed by atoms with Crippen LogP contribution >= 0.6 is 23.4 Å². The number of benzene rings is 2. The van der Waals surface area contributed by atoms with Crippen molar-refractivity contribution < 1.29 is 9.53 Å². The maximum absolute atomic E-state index is 11.8. The van der Waals surface area contributed by atoms with Crippen LogP contribution in [0.15, 0.2) is 53.4 Å². The van der Waals surface area contributed by atoms with E-state index in [-0.39, 0.29) is 5.97 Å². The highest BCUT2D eigenvalue weighted by Gasteiger charge is 2.14. The molecule has 0 saturated heterocycles. The fraction of sp³-hybridized carbons (Fsp3) is 0.188. The zero-order chi connectivity index (χ0) is 14.4. The van der Waals surface area contributed by atoms with Crippen molar-refractivity contribution in [3.63, 3.8) is 0 Å². The molecule has 4 heteroatoms. The Morgan fingerprint density at radius 2 is 1.90 bits per heavy atom. The summed E-state index contributed by atoms with van der Waals surface area (Å²) in [5.41, 5.74) is 1.64. The number of carbonyl (C=O) groups is 1. The molecule has 20 heavy (non-hydrogen) atoms. The van der Waals surface area contributed by atoms with E-state index in [4.69, 9.17) is 16.3 Å². The third kappa shape index (κ3) is 3.78. The molecule has 0 bridgehead atoms. The number of carbonyl (C=O) groups excluding carboxylic acids is 1. The number of halogens is 1. The van der Waals surface area contributed by atoms with Gasteiger partial charge in [-0.25, -0.2) is 4.79 Å². The predicted octanol–water partition coefficient (Wildman–Crippen LogP) is 4.81. The van der Waals surface area contributed by atoms with Crippen LogP contribution in [0.3, 0.4) is 0 Å². The minimum atomic E-state index is -0.375. The monoisotopic (exact) mass is 306 g/mol. The van der Waals surface area contributed by atoms with Gasteiger partial charge in [-0.2, -0.15) is 0 Å². The lowest BCUT2D eigenvalue weighted by molar-refractivity contribution is 0.0526. The lowest BCUT2D eigenvalue weighted by Crippen LogP contribution is -2.05. The van der Waals surface area contributed by atoms with Gasteiger partial charge < -0.3 is 4.74 Å². The van der Waals surface area contributed by atoms with E-state index in [1.165, 1.54) is 5.56 Å². The first-order chi connectivity index (χ1) is 9.72. The molecule has 0 fully saturated rings. The molecule has 0 radical (unpaired) electrons. The van der Waals surface area contributed by atoms with Crippen molar-refractivity contribution in [2.75, 3.05) is 6.61 Å². The summed E-state index contributed by atoms with van der Waals surface area (Å²) in [6.07, 6.45) is 0. The van der Waals surface area contributed by atoms with E-state index in [0.717, 1.165) is 10.6 Å². The Kier molecular flexibility index (Phi) is 5.50. The van der Waals surface area contributed by atoms with Gasteiger partial charge >= 0.3 is 5.97 Å². The summed E-state index contributed by atoms with van der Waals surface area (Å²) < 4.78 is 4.99. The Morgan fingerprint density at radius 1 is 1.15 bits per heavy atom. The van der Waals surface area contributed by atoms with Gasteiger partial charge in [-0.3, -0.25) is 0 Å². The normalized spacial score (nSPS) is 10.3. The number of hydrogen-bond acceptors (Lipinski definition) is 3. The average molecular weight is 307 g/mol. The molecule has 0 saturated carbocycles. The summed E-state index contributed by atoms with van der Waals surface area (Å²) in [5.74, 6) is 0.437. The fourth-order valence-corrected chi connectivity index (χ4v) is 3.02. The largest absolute Gasteiger partial charge is 0.462 e. The zero-order valence-corrected chi connectivity index (χ0v) is 12.7. The van der Waals surface area contributed by atoms with Crippen molar-refractivity contribution in [2.45, 2.75) is 17.6 Å². The van der Waals surface area contributed by atoms with Gasteiger partial charge in [0.15, 0.2) is 0 Å². The molecule has 0 heterocycles. The maximum Gasteiger partial charge on any atom is 0.339 e. The van der Waals surface area contributed by atoms with Crippen LogP contribution in [0, 0.1) is 0 Å². The molecule has 2 aromatic rings. The second kappa shape index (κ2) is 7.36. The molecule has 0 aliphatic rings. The van der Waals surface area contributed by atoms with Gasteiger partial charge in [-0.1, -0.05) is 48.0 Å². The summed E-state index contributed by atoms with van der Waals surface area (Å²) in [7, 11) is 0. The van der Waals surface area contributed by atoms with E-state index < -0.39 is 0 Å². The number of ether oxygens (including phenoxy) is 1. The molecule has 0 N–H and O–H groups in total. The lowest BCUT2D eigenvalue weighted by Gasteiger charge is -2.08. The van der Waals surface area contributed by atoms with Crippen molar-refractivity contribution in [3.05, 3.63) is 64.7 Å². The van der Waals surface area contributed by atoms with E-state index in [9.17, 15) is 4.79 Å². The van der Waals surface area contributed by atoms with Gasteiger partial charge in [0.05, 0.1) is 17.2 Å². The summed E-state index contributed by atoms with van der Waals surface area (Å²) in [4.78, 5) is 12.7. The Labute approximate surface area is 128 Å². The number of esters is 1. The first-order valence-corrected chi connectivity index (χ1v) is 7.71. The summed E-state index contributed by atoms with van der Waals surface area (Å²) in [6, 6.07) is 15.6. The Morgan fingerprint density at radius 3 is 2.60 bits per heavy atom. The molecule has 0 amide bonds. The number of hydrogen-bond donors (Lipinski definition) is 0. The molecule has 0 aliphatic heterocycles. The topological polar surface area (TPSA) is 26.3 Å². The minimum absolute atomic E-state index is 0.344. The van der Waals surface area contributed by atoms with Crippen LogP contribution < -0.4 is 0 Å². The van der Waals surface area contributed by atoms with Crippen LogP contribution in [-0.4, -0.2) is 12.6 Å². The van der Waals surface area contributed by atoms with Crippen LogP contribution in [0.25, 0.3) is 0 Å². The van der Waals surface area contributed by atoms with Crippen molar-refractivity contribution in [3.8, 4) is 0 Å². The number of thioether (sulfide) groups is 1. The van der Waals surface area contributed by atoms with Gasteiger partial charge in [-0.05, 0) is 24.6 Å². The molecule has 104 valence electrons. The minimum Gasteiger partial charge on any atom is -0.462 e. The second-order valence-electron chi connectivity index (χ2n) is 4.11. The Balaban J connectivity index is 2.12. The number of rotatable bonds is 5. The Hall–Kier alpha value is -1.45. The highest BCUT2D eigenvalue weighted by molar-refractivity contribution is 7.98. The second-order valence-corrected chi connectivity index (χ2v) is 5.51. The van der Waals surface area contributed by atoms with Crippen molar-refractivity contribution in [1.29, 1.82) is 0 Å². The molecular formula is C16H15ClO2S. The molecule has 0 spiro atoms. The third-order valence-corrected chi connectivity index (χ3v) is 4.34. The molecule has 2 rings (SSSR count). The molecule has 0 unspecified atom stereocenters. The smallest absolute Gasteiger partial charge is 0.339 e. The summed E-state index contributed by atoms with van der Waals surface area (Å²) in [5, 5.41) is 0.465. The fourth-order valence-electron chi connectivity index (χ4n) is 1.72. The van der Waals surface area contributed by atoms with Crippen LogP contribution in [-0.2, 0) is 10.5 Å². The first kappa shape index (κ1) is 14.9.